The number of carbonyl (C=O) groups is 1. The van der Waals surface area contributed by atoms with Crippen molar-refractivity contribution in [1.82, 2.24) is 4.90 Å². The fourth-order valence-electron chi connectivity index (χ4n) is 2.08. The van der Waals surface area contributed by atoms with Gasteiger partial charge >= 0.3 is 5.97 Å². The van der Waals surface area contributed by atoms with Crippen LogP contribution in [0.4, 0.5) is 0 Å². The van der Waals surface area contributed by atoms with E-state index in [1.165, 1.54) is 12.8 Å². The summed E-state index contributed by atoms with van der Waals surface area (Å²) in [5, 5.41) is 8.86. The molecule has 1 saturated carbocycles. The van der Waals surface area contributed by atoms with Crippen LogP contribution in [0.3, 0.4) is 0 Å². The molecule has 0 heterocycles. The van der Waals surface area contributed by atoms with Gasteiger partial charge in [0.05, 0.1) is 6.42 Å². The highest BCUT2D eigenvalue weighted by atomic mass is 16.4. The summed E-state index contributed by atoms with van der Waals surface area (Å²) in [5.41, 5.74) is 0. The molecule has 15 heavy (non-hydrogen) atoms. The lowest BCUT2D eigenvalue weighted by Gasteiger charge is -2.29. The highest BCUT2D eigenvalue weighted by Crippen LogP contribution is 2.31. The van der Waals surface area contributed by atoms with Crippen molar-refractivity contribution in [3.05, 3.63) is 0 Å². The molecular weight excluding hydrogens is 190 g/mol. The lowest BCUT2D eigenvalue weighted by molar-refractivity contribution is -0.138. The van der Waals surface area contributed by atoms with Gasteiger partial charge in [-0.25, -0.2) is 0 Å². The fraction of sp³-hybridized carbons (Fsp3) is 0.917. The van der Waals surface area contributed by atoms with E-state index >= 15 is 0 Å². The quantitative estimate of drug-likeness (QED) is 0.673. The minimum absolute atomic E-state index is 0.239. The van der Waals surface area contributed by atoms with Gasteiger partial charge in [-0.15, -0.1) is 0 Å². The van der Waals surface area contributed by atoms with E-state index in [4.69, 9.17) is 5.11 Å². The van der Waals surface area contributed by atoms with Crippen LogP contribution < -0.4 is 0 Å². The van der Waals surface area contributed by atoms with Crippen LogP contribution in [0, 0.1) is 5.92 Å². The molecule has 0 aliphatic heterocycles. The Morgan fingerprint density at radius 3 is 2.53 bits per heavy atom. The van der Waals surface area contributed by atoms with Crippen molar-refractivity contribution in [1.29, 1.82) is 0 Å². The van der Waals surface area contributed by atoms with E-state index in [0.29, 0.717) is 6.42 Å². The number of carboxylic acids is 1. The molecule has 1 atom stereocenters. The normalized spacial score (nSPS) is 18.1. The Bertz CT molecular complexity index is 202. The molecule has 0 amide bonds. The first kappa shape index (κ1) is 12.5. The molecule has 1 aliphatic rings. The Labute approximate surface area is 92.5 Å². The van der Waals surface area contributed by atoms with Crippen molar-refractivity contribution in [3.8, 4) is 0 Å². The van der Waals surface area contributed by atoms with Crippen LogP contribution in [0.2, 0.25) is 0 Å². The van der Waals surface area contributed by atoms with Gasteiger partial charge in [0, 0.05) is 12.6 Å². The molecule has 0 saturated heterocycles. The summed E-state index contributed by atoms with van der Waals surface area (Å²) in [6.45, 7) is 6.40. The molecule has 0 spiro atoms. The zero-order valence-corrected chi connectivity index (χ0v) is 9.91. The molecule has 1 rings (SSSR count). The van der Waals surface area contributed by atoms with E-state index < -0.39 is 5.97 Å². The van der Waals surface area contributed by atoms with E-state index in [1.807, 2.05) is 0 Å². The average Bonchev–Trinajstić information content (AvgIpc) is 2.97. The molecule has 3 heteroatoms. The largest absolute Gasteiger partial charge is 0.481 e. The number of rotatable bonds is 8. The van der Waals surface area contributed by atoms with Crippen LogP contribution in [0.15, 0.2) is 0 Å². The number of nitrogens with zero attached hydrogens (tertiary/aromatic N) is 1. The molecule has 1 aliphatic carbocycles. The second-order valence-electron chi connectivity index (χ2n) is 4.60. The minimum atomic E-state index is -0.668. The Morgan fingerprint density at radius 1 is 1.47 bits per heavy atom. The summed E-state index contributed by atoms with van der Waals surface area (Å²) in [6, 6.07) is 0.239. The summed E-state index contributed by atoms with van der Waals surface area (Å²) in [6.07, 6.45) is 5.03. The number of carboxylic acid groups (broad SMARTS) is 1. The van der Waals surface area contributed by atoms with E-state index in [1.54, 1.807) is 0 Å². The number of hydrogen-bond acceptors (Lipinski definition) is 2. The number of aliphatic carboxylic acids is 1. The van der Waals surface area contributed by atoms with Gasteiger partial charge in [-0.2, -0.15) is 0 Å². The molecule has 0 aromatic carbocycles. The predicted molar refractivity (Wildman–Crippen MR) is 60.9 cm³/mol. The monoisotopic (exact) mass is 213 g/mol. The number of hydrogen-bond donors (Lipinski definition) is 1. The van der Waals surface area contributed by atoms with Crippen LogP contribution in [-0.2, 0) is 4.79 Å². The van der Waals surface area contributed by atoms with Gasteiger partial charge in [0.15, 0.2) is 0 Å². The highest BCUT2D eigenvalue weighted by molar-refractivity contribution is 5.67. The van der Waals surface area contributed by atoms with E-state index in [-0.39, 0.29) is 6.04 Å². The SMILES string of the molecule is CCCN(CC1CC1)C(CC)CC(=O)O. The second-order valence-corrected chi connectivity index (χ2v) is 4.60. The molecule has 88 valence electrons. The minimum Gasteiger partial charge on any atom is -0.481 e. The maximum atomic E-state index is 10.8. The van der Waals surface area contributed by atoms with Crippen molar-refractivity contribution < 1.29 is 9.90 Å². The lowest BCUT2D eigenvalue weighted by atomic mass is 10.1. The van der Waals surface area contributed by atoms with Gasteiger partial charge in [-0.05, 0) is 38.1 Å². The zero-order valence-electron chi connectivity index (χ0n) is 9.91. The fourth-order valence-corrected chi connectivity index (χ4v) is 2.08. The third-order valence-electron chi connectivity index (χ3n) is 3.10. The molecule has 1 unspecified atom stereocenters. The Morgan fingerprint density at radius 2 is 2.13 bits per heavy atom. The molecule has 3 nitrogen and oxygen atoms in total. The standard InChI is InChI=1S/C12H23NO2/c1-3-7-13(9-10-5-6-10)11(4-2)8-12(14)15/h10-11H,3-9H2,1-2H3,(H,14,15). The van der Waals surface area contributed by atoms with Crippen LogP contribution in [0.25, 0.3) is 0 Å². The molecule has 0 aromatic heterocycles. The Kier molecular flexibility index (Phi) is 5.09. The summed E-state index contributed by atoms with van der Waals surface area (Å²) in [7, 11) is 0. The Hall–Kier alpha value is -0.570. The first-order chi connectivity index (χ1) is 7.17. The van der Waals surface area contributed by atoms with Gasteiger partial charge in [0.1, 0.15) is 0 Å². The van der Waals surface area contributed by atoms with Crippen LogP contribution in [-0.4, -0.2) is 35.1 Å². The maximum absolute atomic E-state index is 10.8. The van der Waals surface area contributed by atoms with E-state index in [2.05, 4.69) is 18.7 Å². The summed E-state index contributed by atoms with van der Waals surface area (Å²) in [4.78, 5) is 13.1. The van der Waals surface area contributed by atoms with Gasteiger partial charge in [-0.3, -0.25) is 9.69 Å². The molecule has 0 aromatic rings. The second kappa shape index (κ2) is 6.11. The molecule has 1 fully saturated rings. The van der Waals surface area contributed by atoms with Crippen molar-refractivity contribution in [2.24, 2.45) is 5.92 Å². The van der Waals surface area contributed by atoms with Gasteiger partial charge in [0.2, 0.25) is 0 Å². The highest BCUT2D eigenvalue weighted by Gasteiger charge is 2.27. The molecular formula is C12H23NO2. The van der Waals surface area contributed by atoms with Crippen molar-refractivity contribution >= 4 is 5.97 Å². The topological polar surface area (TPSA) is 40.5 Å². The third-order valence-corrected chi connectivity index (χ3v) is 3.10. The smallest absolute Gasteiger partial charge is 0.304 e. The van der Waals surface area contributed by atoms with Crippen LogP contribution in [0.5, 0.6) is 0 Å². The van der Waals surface area contributed by atoms with E-state index in [0.717, 1.165) is 31.8 Å². The van der Waals surface area contributed by atoms with Crippen LogP contribution in [0.1, 0.15) is 46.0 Å². The van der Waals surface area contributed by atoms with Crippen LogP contribution >= 0.6 is 0 Å². The molecule has 0 radical (unpaired) electrons. The molecule has 0 bridgehead atoms. The summed E-state index contributed by atoms with van der Waals surface area (Å²) in [5.74, 6) is 0.179. The molecule has 1 N–H and O–H groups in total. The first-order valence-electron chi connectivity index (χ1n) is 6.13. The average molecular weight is 213 g/mol. The van der Waals surface area contributed by atoms with Crippen molar-refractivity contribution in [2.45, 2.75) is 52.0 Å². The summed E-state index contributed by atoms with van der Waals surface area (Å²) < 4.78 is 0. The van der Waals surface area contributed by atoms with Gasteiger partial charge < -0.3 is 5.11 Å². The maximum Gasteiger partial charge on any atom is 0.304 e. The Balaban J connectivity index is 2.44. The van der Waals surface area contributed by atoms with Gasteiger partial charge in [0.25, 0.3) is 0 Å². The third kappa shape index (κ3) is 4.65. The summed E-state index contributed by atoms with van der Waals surface area (Å²) >= 11 is 0. The van der Waals surface area contributed by atoms with Crippen molar-refractivity contribution in [3.63, 3.8) is 0 Å². The predicted octanol–water partition coefficient (Wildman–Crippen LogP) is 2.36. The van der Waals surface area contributed by atoms with Crippen molar-refractivity contribution in [2.75, 3.05) is 13.1 Å². The zero-order chi connectivity index (χ0) is 11.3. The van der Waals surface area contributed by atoms with E-state index in [9.17, 15) is 4.79 Å². The lowest BCUT2D eigenvalue weighted by Crippen LogP contribution is -2.38. The van der Waals surface area contributed by atoms with Gasteiger partial charge in [-0.1, -0.05) is 13.8 Å². The first-order valence-corrected chi connectivity index (χ1v) is 6.13.